The van der Waals surface area contributed by atoms with Crippen molar-refractivity contribution in [2.75, 3.05) is 12.3 Å². The first-order valence-corrected chi connectivity index (χ1v) is 6.02. The second kappa shape index (κ2) is 5.82. The molecule has 5 heteroatoms. The van der Waals surface area contributed by atoms with Crippen molar-refractivity contribution in [2.45, 2.75) is 32.8 Å². The van der Waals surface area contributed by atoms with Crippen LogP contribution in [0.25, 0.3) is 0 Å². The maximum Gasteiger partial charge on any atom is 0.269 e. The van der Waals surface area contributed by atoms with Gasteiger partial charge in [0.25, 0.3) is 5.91 Å². The largest absolute Gasteiger partial charge is 0.397 e. The lowest BCUT2D eigenvalue weighted by atomic mass is 9.94. The van der Waals surface area contributed by atoms with Crippen LogP contribution in [-0.2, 0) is 0 Å². The van der Waals surface area contributed by atoms with E-state index in [0.717, 1.165) is 0 Å². The van der Waals surface area contributed by atoms with Crippen LogP contribution in [0.15, 0.2) is 18.3 Å². The van der Waals surface area contributed by atoms with E-state index in [9.17, 15) is 9.90 Å². The van der Waals surface area contributed by atoms with Crippen LogP contribution in [0.1, 0.15) is 37.7 Å². The third kappa shape index (κ3) is 4.71. The first-order chi connectivity index (χ1) is 8.30. The molecule has 1 amide bonds. The van der Waals surface area contributed by atoms with Gasteiger partial charge in [0.1, 0.15) is 5.69 Å². The quantitative estimate of drug-likeness (QED) is 0.733. The van der Waals surface area contributed by atoms with Crippen LogP contribution in [-0.4, -0.2) is 28.1 Å². The summed E-state index contributed by atoms with van der Waals surface area (Å²) in [6.45, 7) is 5.97. The zero-order chi connectivity index (χ0) is 13.8. The number of anilines is 1. The summed E-state index contributed by atoms with van der Waals surface area (Å²) < 4.78 is 0. The lowest BCUT2D eigenvalue weighted by Crippen LogP contribution is -2.41. The third-order valence-electron chi connectivity index (χ3n) is 2.50. The Labute approximate surface area is 107 Å². The zero-order valence-corrected chi connectivity index (χ0v) is 11.1. The molecule has 0 aliphatic carbocycles. The molecule has 1 aromatic rings. The maximum absolute atomic E-state index is 11.8. The number of carbonyl (C=O) groups excluding carboxylic acids is 1. The van der Waals surface area contributed by atoms with Gasteiger partial charge in [0.05, 0.1) is 17.5 Å². The van der Waals surface area contributed by atoms with E-state index in [1.54, 1.807) is 19.1 Å². The minimum atomic E-state index is -0.905. The number of amides is 1. The second-order valence-electron chi connectivity index (χ2n) is 5.25. The van der Waals surface area contributed by atoms with E-state index in [1.807, 2.05) is 13.8 Å². The number of nitrogens with one attached hydrogen (secondary N) is 1. The third-order valence-corrected chi connectivity index (χ3v) is 2.50. The molecule has 1 heterocycles. The Morgan fingerprint density at radius 3 is 2.72 bits per heavy atom. The van der Waals surface area contributed by atoms with Crippen LogP contribution in [0, 0.1) is 5.92 Å². The van der Waals surface area contributed by atoms with Gasteiger partial charge in [-0.25, -0.2) is 4.98 Å². The van der Waals surface area contributed by atoms with Crippen molar-refractivity contribution in [1.29, 1.82) is 0 Å². The highest BCUT2D eigenvalue weighted by Gasteiger charge is 2.22. The van der Waals surface area contributed by atoms with E-state index < -0.39 is 5.60 Å². The van der Waals surface area contributed by atoms with Gasteiger partial charge in [0.15, 0.2) is 0 Å². The van der Waals surface area contributed by atoms with E-state index in [4.69, 9.17) is 5.73 Å². The molecule has 0 spiro atoms. The number of rotatable bonds is 5. The Morgan fingerprint density at radius 1 is 1.56 bits per heavy atom. The molecule has 0 fully saturated rings. The summed E-state index contributed by atoms with van der Waals surface area (Å²) in [7, 11) is 0. The summed E-state index contributed by atoms with van der Waals surface area (Å²) in [5.41, 5.74) is 5.39. The van der Waals surface area contributed by atoms with Crippen molar-refractivity contribution in [2.24, 2.45) is 5.92 Å². The molecule has 0 saturated heterocycles. The number of nitrogens with zero attached hydrogens (tertiary/aromatic N) is 1. The zero-order valence-electron chi connectivity index (χ0n) is 11.1. The summed E-state index contributed by atoms with van der Waals surface area (Å²) in [5.74, 6) is 0.0607. The second-order valence-corrected chi connectivity index (χ2v) is 5.25. The molecule has 18 heavy (non-hydrogen) atoms. The first kappa shape index (κ1) is 14.4. The van der Waals surface area contributed by atoms with Crippen molar-refractivity contribution in [3.8, 4) is 0 Å². The van der Waals surface area contributed by atoms with Crippen LogP contribution >= 0.6 is 0 Å². The molecule has 0 aliphatic rings. The van der Waals surface area contributed by atoms with Crippen LogP contribution in [0.2, 0.25) is 0 Å². The molecular formula is C13H21N3O2. The van der Waals surface area contributed by atoms with Crippen molar-refractivity contribution in [3.63, 3.8) is 0 Å². The van der Waals surface area contributed by atoms with Crippen molar-refractivity contribution in [3.05, 3.63) is 24.0 Å². The highest BCUT2D eigenvalue weighted by molar-refractivity contribution is 5.92. The van der Waals surface area contributed by atoms with Gasteiger partial charge < -0.3 is 16.2 Å². The molecule has 5 nitrogen and oxygen atoms in total. The molecule has 1 rings (SSSR count). The monoisotopic (exact) mass is 251 g/mol. The summed E-state index contributed by atoms with van der Waals surface area (Å²) in [4.78, 5) is 15.7. The Morgan fingerprint density at radius 2 is 2.22 bits per heavy atom. The lowest BCUT2D eigenvalue weighted by molar-refractivity contribution is 0.0367. The van der Waals surface area contributed by atoms with Gasteiger partial charge >= 0.3 is 0 Å². The Balaban J connectivity index is 2.53. The average Bonchev–Trinajstić information content (AvgIpc) is 2.25. The van der Waals surface area contributed by atoms with Crippen molar-refractivity contribution in [1.82, 2.24) is 10.3 Å². The Hall–Kier alpha value is -1.62. The van der Waals surface area contributed by atoms with Crippen LogP contribution < -0.4 is 11.1 Å². The van der Waals surface area contributed by atoms with E-state index in [0.29, 0.717) is 23.7 Å². The van der Waals surface area contributed by atoms with Crippen LogP contribution in [0.3, 0.4) is 0 Å². The van der Waals surface area contributed by atoms with Crippen molar-refractivity contribution < 1.29 is 9.90 Å². The molecule has 1 atom stereocenters. The molecule has 0 radical (unpaired) electrons. The van der Waals surface area contributed by atoms with E-state index >= 15 is 0 Å². The minimum absolute atomic E-state index is 0.204. The number of hydrogen-bond donors (Lipinski definition) is 3. The molecule has 100 valence electrons. The highest BCUT2D eigenvalue weighted by Crippen LogP contribution is 2.15. The van der Waals surface area contributed by atoms with E-state index in [2.05, 4.69) is 10.3 Å². The molecule has 1 unspecified atom stereocenters. The van der Waals surface area contributed by atoms with Crippen LogP contribution in [0.4, 0.5) is 5.69 Å². The molecule has 4 N–H and O–H groups in total. The SMILES string of the molecule is CC(C)CC(C)(O)CNC(=O)c1ccc(N)cn1. The Bertz CT molecular complexity index is 399. The van der Waals surface area contributed by atoms with Gasteiger partial charge in [0.2, 0.25) is 0 Å². The minimum Gasteiger partial charge on any atom is -0.397 e. The fourth-order valence-electron chi connectivity index (χ4n) is 1.85. The smallest absolute Gasteiger partial charge is 0.269 e. The van der Waals surface area contributed by atoms with E-state index in [1.165, 1.54) is 6.20 Å². The average molecular weight is 251 g/mol. The number of aromatic nitrogens is 1. The molecule has 1 aromatic heterocycles. The van der Waals surface area contributed by atoms with Gasteiger partial charge in [-0.15, -0.1) is 0 Å². The Kier molecular flexibility index (Phi) is 4.67. The summed E-state index contributed by atoms with van der Waals surface area (Å²) in [5, 5.41) is 12.7. The number of nitrogens with two attached hydrogens (primary N) is 1. The van der Waals surface area contributed by atoms with Gasteiger partial charge in [-0.1, -0.05) is 13.8 Å². The number of nitrogen functional groups attached to an aromatic ring is 1. The maximum atomic E-state index is 11.8. The molecule has 0 aliphatic heterocycles. The highest BCUT2D eigenvalue weighted by atomic mass is 16.3. The molecule has 0 saturated carbocycles. The summed E-state index contributed by atoms with van der Waals surface area (Å²) >= 11 is 0. The topological polar surface area (TPSA) is 88.2 Å². The lowest BCUT2D eigenvalue weighted by Gasteiger charge is -2.25. The molecule has 0 aromatic carbocycles. The predicted octanol–water partition coefficient (Wildman–Crippen LogP) is 1.19. The number of hydrogen-bond acceptors (Lipinski definition) is 4. The fraction of sp³-hybridized carbons (Fsp3) is 0.538. The van der Waals surface area contributed by atoms with Crippen molar-refractivity contribution >= 4 is 11.6 Å². The number of pyridine rings is 1. The first-order valence-electron chi connectivity index (χ1n) is 6.02. The summed E-state index contributed by atoms with van der Waals surface area (Å²) in [6.07, 6.45) is 2.06. The number of aliphatic hydroxyl groups is 1. The number of carbonyl (C=O) groups is 1. The van der Waals surface area contributed by atoms with Gasteiger partial charge in [0, 0.05) is 6.54 Å². The molecular weight excluding hydrogens is 230 g/mol. The fourth-order valence-corrected chi connectivity index (χ4v) is 1.85. The van der Waals surface area contributed by atoms with Crippen LogP contribution in [0.5, 0.6) is 0 Å². The molecule has 0 bridgehead atoms. The predicted molar refractivity (Wildman–Crippen MR) is 71.1 cm³/mol. The normalized spacial score (nSPS) is 14.3. The van der Waals surface area contributed by atoms with Gasteiger partial charge in [-0.3, -0.25) is 4.79 Å². The van der Waals surface area contributed by atoms with Gasteiger partial charge in [-0.05, 0) is 31.4 Å². The summed E-state index contributed by atoms with van der Waals surface area (Å²) in [6, 6.07) is 3.18. The van der Waals surface area contributed by atoms with E-state index in [-0.39, 0.29) is 12.5 Å². The standard InChI is InChI=1S/C13H21N3O2/c1-9(2)6-13(3,18)8-16-12(17)11-5-4-10(14)7-15-11/h4-5,7,9,18H,6,8,14H2,1-3H3,(H,16,17). The van der Waals surface area contributed by atoms with Gasteiger partial charge in [-0.2, -0.15) is 0 Å².